The van der Waals surface area contributed by atoms with Crippen LogP contribution in [0.2, 0.25) is 0 Å². The van der Waals surface area contributed by atoms with E-state index in [1.165, 1.54) is 7.05 Å². The highest BCUT2D eigenvalue weighted by atomic mass is 32.2. The summed E-state index contributed by atoms with van der Waals surface area (Å²) in [5.74, 6) is -1.86. The second-order valence-electron chi connectivity index (χ2n) is 5.03. The number of carboxylic acids is 1. The first-order valence-corrected chi connectivity index (χ1v) is 7.75. The molecule has 20 heavy (non-hydrogen) atoms. The molecule has 2 rings (SSSR count). The highest BCUT2D eigenvalue weighted by Crippen LogP contribution is 2.29. The van der Waals surface area contributed by atoms with Crippen LogP contribution in [0.4, 0.5) is 4.39 Å². The van der Waals surface area contributed by atoms with Gasteiger partial charge in [-0.2, -0.15) is 0 Å². The standard InChI is InChI=1S/C13H16FNO4S/c1-15(8-9-3-2-4-9)20(18,19)12-7-10(14)5-6-11(12)13(16)17/h5-7,9H,2-4,8H2,1H3,(H,16,17). The molecule has 1 aliphatic carbocycles. The van der Waals surface area contributed by atoms with E-state index in [0.717, 1.165) is 41.8 Å². The van der Waals surface area contributed by atoms with Crippen LogP contribution in [0.1, 0.15) is 29.6 Å². The quantitative estimate of drug-likeness (QED) is 0.902. The summed E-state index contributed by atoms with van der Waals surface area (Å²) in [6.45, 7) is 0.331. The van der Waals surface area contributed by atoms with Crippen LogP contribution < -0.4 is 0 Å². The number of aromatic carboxylic acids is 1. The SMILES string of the molecule is CN(CC1CCC1)S(=O)(=O)c1cc(F)ccc1C(=O)O. The first-order chi connectivity index (χ1) is 9.32. The highest BCUT2D eigenvalue weighted by molar-refractivity contribution is 7.89. The van der Waals surface area contributed by atoms with Crippen molar-refractivity contribution in [1.82, 2.24) is 4.31 Å². The number of hydrogen-bond donors (Lipinski definition) is 1. The van der Waals surface area contributed by atoms with E-state index in [2.05, 4.69) is 0 Å². The van der Waals surface area contributed by atoms with Gasteiger partial charge in [0.1, 0.15) is 5.82 Å². The van der Waals surface area contributed by atoms with Gasteiger partial charge in [0.2, 0.25) is 10.0 Å². The molecular weight excluding hydrogens is 285 g/mol. The molecule has 1 saturated carbocycles. The van der Waals surface area contributed by atoms with Crippen LogP contribution >= 0.6 is 0 Å². The average Bonchev–Trinajstić information content (AvgIpc) is 2.32. The van der Waals surface area contributed by atoms with Crippen LogP contribution in [0.3, 0.4) is 0 Å². The lowest BCUT2D eigenvalue weighted by molar-refractivity contribution is 0.0692. The molecule has 0 heterocycles. The highest BCUT2D eigenvalue weighted by Gasteiger charge is 2.30. The van der Waals surface area contributed by atoms with E-state index in [4.69, 9.17) is 5.11 Å². The predicted octanol–water partition coefficient (Wildman–Crippen LogP) is 1.94. The van der Waals surface area contributed by atoms with Crippen LogP contribution in [0.5, 0.6) is 0 Å². The minimum absolute atomic E-state index is 0.302. The molecule has 0 spiro atoms. The number of sulfonamides is 1. The second-order valence-corrected chi connectivity index (χ2v) is 7.04. The van der Waals surface area contributed by atoms with E-state index in [1.807, 2.05) is 0 Å². The summed E-state index contributed by atoms with van der Waals surface area (Å²) >= 11 is 0. The number of benzene rings is 1. The fourth-order valence-corrected chi connectivity index (χ4v) is 3.63. The minimum atomic E-state index is -4.00. The second kappa shape index (κ2) is 5.49. The maximum atomic E-state index is 13.3. The predicted molar refractivity (Wildman–Crippen MR) is 70.5 cm³/mol. The van der Waals surface area contributed by atoms with E-state index in [1.54, 1.807) is 0 Å². The number of carboxylic acid groups (broad SMARTS) is 1. The zero-order chi connectivity index (χ0) is 14.9. The van der Waals surface area contributed by atoms with Crippen molar-refractivity contribution in [2.45, 2.75) is 24.2 Å². The van der Waals surface area contributed by atoms with Gasteiger partial charge in [-0.15, -0.1) is 0 Å². The lowest BCUT2D eigenvalue weighted by Crippen LogP contribution is -2.35. The maximum absolute atomic E-state index is 13.3. The molecule has 110 valence electrons. The van der Waals surface area contributed by atoms with E-state index in [0.29, 0.717) is 12.5 Å². The third-order valence-corrected chi connectivity index (χ3v) is 5.47. The fourth-order valence-electron chi connectivity index (χ4n) is 2.19. The van der Waals surface area contributed by atoms with Crippen molar-refractivity contribution in [3.8, 4) is 0 Å². The van der Waals surface area contributed by atoms with Gasteiger partial charge in [0.05, 0.1) is 10.5 Å². The lowest BCUT2D eigenvalue weighted by atomic mass is 9.86. The monoisotopic (exact) mass is 301 g/mol. The van der Waals surface area contributed by atoms with Crippen molar-refractivity contribution in [3.63, 3.8) is 0 Å². The molecule has 5 nitrogen and oxygen atoms in total. The van der Waals surface area contributed by atoms with E-state index in [-0.39, 0.29) is 0 Å². The van der Waals surface area contributed by atoms with Crippen LogP contribution in [-0.2, 0) is 10.0 Å². The maximum Gasteiger partial charge on any atom is 0.337 e. The number of rotatable bonds is 5. The van der Waals surface area contributed by atoms with Gasteiger partial charge >= 0.3 is 5.97 Å². The number of carbonyl (C=O) groups is 1. The third kappa shape index (κ3) is 2.83. The lowest BCUT2D eigenvalue weighted by Gasteiger charge is -2.29. The number of nitrogens with zero attached hydrogens (tertiary/aromatic N) is 1. The Bertz CT molecular complexity index is 625. The van der Waals surface area contributed by atoms with Gasteiger partial charge in [0, 0.05) is 13.6 Å². The van der Waals surface area contributed by atoms with E-state index >= 15 is 0 Å². The van der Waals surface area contributed by atoms with Crippen LogP contribution in [0.15, 0.2) is 23.1 Å². The molecule has 1 aromatic carbocycles. The average molecular weight is 301 g/mol. The summed E-state index contributed by atoms with van der Waals surface area (Å²) in [7, 11) is -2.60. The van der Waals surface area contributed by atoms with Crippen molar-refractivity contribution in [3.05, 3.63) is 29.6 Å². The van der Waals surface area contributed by atoms with Crippen molar-refractivity contribution >= 4 is 16.0 Å². The molecule has 1 aromatic rings. The minimum Gasteiger partial charge on any atom is -0.478 e. The van der Waals surface area contributed by atoms with E-state index < -0.39 is 32.3 Å². The Morgan fingerprint density at radius 3 is 2.60 bits per heavy atom. The first-order valence-electron chi connectivity index (χ1n) is 6.31. The normalized spacial score (nSPS) is 16.1. The Balaban J connectivity index is 2.36. The third-order valence-electron chi connectivity index (χ3n) is 3.60. The van der Waals surface area contributed by atoms with E-state index in [9.17, 15) is 17.6 Å². The molecular formula is C13H16FNO4S. The molecule has 0 radical (unpaired) electrons. The van der Waals surface area contributed by atoms with Crippen LogP contribution in [0, 0.1) is 11.7 Å². The molecule has 0 aromatic heterocycles. The van der Waals surface area contributed by atoms with Crippen LogP contribution in [0.25, 0.3) is 0 Å². The van der Waals surface area contributed by atoms with Crippen molar-refractivity contribution in [2.75, 3.05) is 13.6 Å². The largest absolute Gasteiger partial charge is 0.478 e. The fraction of sp³-hybridized carbons (Fsp3) is 0.462. The Hall–Kier alpha value is -1.47. The smallest absolute Gasteiger partial charge is 0.337 e. The zero-order valence-corrected chi connectivity index (χ0v) is 11.9. The molecule has 0 amide bonds. The van der Waals surface area contributed by atoms with Crippen molar-refractivity contribution in [1.29, 1.82) is 0 Å². The summed E-state index contributed by atoms with van der Waals surface area (Å²) in [5.41, 5.74) is -0.410. The van der Waals surface area contributed by atoms with Gasteiger partial charge in [0.25, 0.3) is 0 Å². The van der Waals surface area contributed by atoms with Gasteiger partial charge in [-0.3, -0.25) is 0 Å². The number of hydrogen-bond acceptors (Lipinski definition) is 3. The van der Waals surface area contributed by atoms with Crippen molar-refractivity contribution in [2.24, 2.45) is 5.92 Å². The molecule has 0 atom stereocenters. The number of halogens is 1. The Morgan fingerprint density at radius 2 is 2.10 bits per heavy atom. The summed E-state index contributed by atoms with van der Waals surface area (Å²) in [6, 6.07) is 2.67. The summed E-state index contributed by atoms with van der Waals surface area (Å²) in [5, 5.41) is 9.04. The van der Waals surface area contributed by atoms with Gasteiger partial charge in [-0.25, -0.2) is 21.9 Å². The summed E-state index contributed by atoms with van der Waals surface area (Å²) < 4.78 is 39.1. The van der Waals surface area contributed by atoms with Gasteiger partial charge in [0.15, 0.2) is 0 Å². The Labute approximate surface area is 117 Å². The summed E-state index contributed by atoms with van der Waals surface area (Å²) in [6.07, 6.45) is 3.02. The molecule has 0 unspecified atom stereocenters. The zero-order valence-electron chi connectivity index (χ0n) is 11.0. The Kier molecular flexibility index (Phi) is 4.10. The molecule has 0 aliphatic heterocycles. The molecule has 0 bridgehead atoms. The molecule has 1 aliphatic rings. The molecule has 0 saturated heterocycles. The first kappa shape index (κ1) is 14.9. The topological polar surface area (TPSA) is 74.7 Å². The summed E-state index contributed by atoms with van der Waals surface area (Å²) in [4.78, 5) is 10.6. The van der Waals surface area contributed by atoms with Gasteiger partial charge in [-0.1, -0.05) is 6.42 Å². The van der Waals surface area contributed by atoms with Crippen molar-refractivity contribution < 1.29 is 22.7 Å². The Morgan fingerprint density at radius 1 is 1.45 bits per heavy atom. The van der Waals surface area contributed by atoms with Gasteiger partial charge < -0.3 is 5.11 Å². The van der Waals surface area contributed by atoms with Crippen LogP contribution in [-0.4, -0.2) is 37.4 Å². The molecule has 1 N–H and O–H groups in total. The molecule has 1 fully saturated rings. The molecule has 7 heteroatoms. The van der Waals surface area contributed by atoms with Gasteiger partial charge in [-0.05, 0) is 37.0 Å².